The normalized spacial score (nSPS) is 19.9. The van der Waals surface area contributed by atoms with Gasteiger partial charge in [-0.1, -0.05) is 26.0 Å². The van der Waals surface area contributed by atoms with Crippen LogP contribution < -0.4 is 10.6 Å². The molecule has 0 saturated carbocycles. The Kier molecular flexibility index (Phi) is 3.78. The monoisotopic (exact) mass is 334 g/mol. The average molecular weight is 334 g/mol. The molecular formula is C19H21F3N2. The van der Waals surface area contributed by atoms with Gasteiger partial charge in [0.15, 0.2) is 0 Å². The maximum Gasteiger partial charge on any atom is 0.416 e. The first-order chi connectivity index (χ1) is 11.1. The molecule has 128 valence electrons. The molecule has 1 unspecified atom stereocenters. The summed E-state index contributed by atoms with van der Waals surface area (Å²) in [5.41, 5.74) is 8.29. The molecule has 1 aliphatic heterocycles. The molecule has 0 spiro atoms. The molecule has 1 heterocycles. The van der Waals surface area contributed by atoms with Crippen LogP contribution in [0.15, 0.2) is 42.5 Å². The Balaban J connectivity index is 2.09. The molecule has 24 heavy (non-hydrogen) atoms. The van der Waals surface area contributed by atoms with Gasteiger partial charge in [-0.2, -0.15) is 13.2 Å². The Labute approximate surface area is 140 Å². The Morgan fingerprint density at radius 1 is 1.12 bits per heavy atom. The number of hydrogen-bond donors (Lipinski definition) is 1. The van der Waals surface area contributed by atoms with Gasteiger partial charge >= 0.3 is 6.18 Å². The minimum absolute atomic E-state index is 0.0766. The summed E-state index contributed by atoms with van der Waals surface area (Å²) < 4.78 is 39.2. The first kappa shape index (κ1) is 16.7. The lowest BCUT2D eigenvalue weighted by Crippen LogP contribution is -2.38. The van der Waals surface area contributed by atoms with E-state index < -0.39 is 11.7 Å². The first-order valence-electron chi connectivity index (χ1n) is 7.89. The lowest BCUT2D eigenvalue weighted by molar-refractivity contribution is -0.137. The molecule has 0 saturated heterocycles. The molecule has 0 aromatic heterocycles. The first-order valence-corrected chi connectivity index (χ1v) is 7.89. The summed E-state index contributed by atoms with van der Waals surface area (Å²) in [5, 5.41) is 0. The number of nitrogen functional groups attached to an aromatic ring is 1. The third-order valence-corrected chi connectivity index (χ3v) is 4.90. The number of nitrogens with zero attached hydrogens (tertiary/aromatic N) is 1. The summed E-state index contributed by atoms with van der Waals surface area (Å²) in [6.45, 7) is 4.00. The number of fused-ring (bicyclic) bond motifs is 1. The van der Waals surface area contributed by atoms with Crippen LogP contribution >= 0.6 is 0 Å². The van der Waals surface area contributed by atoms with Gasteiger partial charge in [-0.15, -0.1) is 0 Å². The van der Waals surface area contributed by atoms with Gasteiger partial charge in [-0.05, 0) is 53.3 Å². The van der Waals surface area contributed by atoms with Gasteiger partial charge in [0.1, 0.15) is 0 Å². The van der Waals surface area contributed by atoms with Gasteiger partial charge in [0.05, 0.1) is 11.6 Å². The molecule has 2 aromatic rings. The van der Waals surface area contributed by atoms with Crippen LogP contribution in [0.3, 0.4) is 0 Å². The van der Waals surface area contributed by atoms with Gasteiger partial charge < -0.3 is 10.6 Å². The van der Waals surface area contributed by atoms with Gasteiger partial charge in [0, 0.05) is 18.4 Å². The molecule has 0 amide bonds. The van der Waals surface area contributed by atoms with Gasteiger partial charge in [0.25, 0.3) is 0 Å². The molecule has 0 radical (unpaired) electrons. The highest BCUT2D eigenvalue weighted by atomic mass is 19.4. The third kappa shape index (κ3) is 2.83. The number of nitrogens with two attached hydrogens (primary N) is 1. The van der Waals surface area contributed by atoms with Crippen molar-refractivity contribution in [3.05, 3.63) is 59.2 Å². The minimum Gasteiger partial charge on any atom is -0.399 e. The zero-order valence-corrected chi connectivity index (χ0v) is 14.0. The van der Waals surface area contributed by atoms with E-state index in [0.717, 1.165) is 29.3 Å². The maximum atomic E-state index is 13.1. The Morgan fingerprint density at radius 2 is 1.83 bits per heavy atom. The van der Waals surface area contributed by atoms with E-state index in [-0.39, 0.29) is 11.5 Å². The summed E-state index contributed by atoms with van der Waals surface area (Å²) in [6.07, 6.45) is -3.60. The van der Waals surface area contributed by atoms with Gasteiger partial charge in [0.2, 0.25) is 0 Å². The van der Waals surface area contributed by atoms with E-state index in [1.54, 1.807) is 6.07 Å². The van der Waals surface area contributed by atoms with Crippen LogP contribution in [-0.4, -0.2) is 7.05 Å². The van der Waals surface area contributed by atoms with Crippen LogP contribution in [0.4, 0.5) is 24.5 Å². The van der Waals surface area contributed by atoms with E-state index in [9.17, 15) is 13.2 Å². The molecule has 5 heteroatoms. The highest BCUT2D eigenvalue weighted by molar-refractivity contribution is 5.62. The fraction of sp³-hybridized carbons (Fsp3) is 0.368. The maximum absolute atomic E-state index is 13.1. The van der Waals surface area contributed by atoms with Crippen LogP contribution in [0.2, 0.25) is 0 Å². The predicted octanol–water partition coefficient (Wildman–Crippen LogP) is 5.15. The second-order valence-electron chi connectivity index (χ2n) is 7.11. The van der Waals surface area contributed by atoms with Crippen molar-refractivity contribution >= 4 is 11.4 Å². The van der Waals surface area contributed by atoms with E-state index in [2.05, 4.69) is 4.90 Å². The van der Waals surface area contributed by atoms with Crippen molar-refractivity contribution in [2.75, 3.05) is 17.7 Å². The van der Waals surface area contributed by atoms with Crippen LogP contribution in [0, 0.1) is 0 Å². The van der Waals surface area contributed by atoms with Crippen molar-refractivity contribution in [2.24, 2.45) is 0 Å². The molecule has 1 aliphatic rings. The SMILES string of the molecule is CN1c2ccc(C(F)(F)F)cc2C(C)(C)CC1c1cccc(N)c1. The van der Waals surface area contributed by atoms with Crippen LogP contribution in [0.1, 0.15) is 43.0 Å². The van der Waals surface area contributed by atoms with Gasteiger partial charge in [-0.3, -0.25) is 0 Å². The Bertz CT molecular complexity index is 765. The molecule has 0 aliphatic carbocycles. The third-order valence-electron chi connectivity index (χ3n) is 4.90. The second-order valence-corrected chi connectivity index (χ2v) is 7.11. The van der Waals surface area contributed by atoms with E-state index in [0.29, 0.717) is 5.69 Å². The number of rotatable bonds is 1. The van der Waals surface area contributed by atoms with Crippen LogP contribution in [0.5, 0.6) is 0 Å². The summed E-state index contributed by atoms with van der Waals surface area (Å²) in [7, 11) is 1.93. The molecule has 2 aromatic carbocycles. The van der Waals surface area contributed by atoms with E-state index in [4.69, 9.17) is 5.73 Å². The molecule has 2 N–H and O–H groups in total. The van der Waals surface area contributed by atoms with Crippen LogP contribution in [-0.2, 0) is 11.6 Å². The average Bonchev–Trinajstić information content (AvgIpc) is 2.49. The van der Waals surface area contributed by atoms with Crippen molar-refractivity contribution in [1.29, 1.82) is 0 Å². The Hall–Kier alpha value is -2.17. The van der Waals surface area contributed by atoms with Gasteiger partial charge in [-0.25, -0.2) is 0 Å². The number of alkyl halides is 3. The molecule has 3 rings (SSSR count). The second kappa shape index (κ2) is 5.43. The minimum atomic E-state index is -4.32. The van der Waals surface area contributed by atoms with Crippen molar-refractivity contribution in [3.63, 3.8) is 0 Å². The van der Waals surface area contributed by atoms with Crippen LogP contribution in [0.25, 0.3) is 0 Å². The summed E-state index contributed by atoms with van der Waals surface area (Å²) >= 11 is 0. The molecule has 0 fully saturated rings. The number of benzene rings is 2. The quantitative estimate of drug-likeness (QED) is 0.731. The molecule has 1 atom stereocenters. The summed E-state index contributed by atoms with van der Waals surface area (Å²) in [4.78, 5) is 2.05. The lowest BCUT2D eigenvalue weighted by atomic mass is 9.73. The zero-order chi connectivity index (χ0) is 17.7. The van der Waals surface area contributed by atoms with Crippen molar-refractivity contribution in [1.82, 2.24) is 0 Å². The van der Waals surface area contributed by atoms with E-state index in [1.165, 1.54) is 6.07 Å². The molecular weight excluding hydrogens is 313 g/mol. The van der Waals surface area contributed by atoms with E-state index in [1.807, 2.05) is 45.2 Å². The molecule has 0 bridgehead atoms. The largest absolute Gasteiger partial charge is 0.416 e. The topological polar surface area (TPSA) is 29.3 Å². The van der Waals surface area contributed by atoms with Crippen molar-refractivity contribution in [3.8, 4) is 0 Å². The number of anilines is 2. The summed E-state index contributed by atoms with van der Waals surface area (Å²) in [5.74, 6) is 0. The smallest absolute Gasteiger partial charge is 0.399 e. The van der Waals surface area contributed by atoms with Crippen molar-refractivity contribution in [2.45, 2.75) is 37.9 Å². The summed E-state index contributed by atoms with van der Waals surface area (Å²) in [6, 6.07) is 11.8. The fourth-order valence-corrected chi connectivity index (χ4v) is 3.57. The Morgan fingerprint density at radius 3 is 2.46 bits per heavy atom. The highest BCUT2D eigenvalue weighted by Crippen LogP contribution is 2.48. The number of hydrogen-bond acceptors (Lipinski definition) is 2. The van der Waals surface area contributed by atoms with Crippen molar-refractivity contribution < 1.29 is 13.2 Å². The predicted molar refractivity (Wildman–Crippen MR) is 91.1 cm³/mol. The fourth-order valence-electron chi connectivity index (χ4n) is 3.57. The highest BCUT2D eigenvalue weighted by Gasteiger charge is 2.39. The molecule has 2 nitrogen and oxygen atoms in total. The van der Waals surface area contributed by atoms with E-state index >= 15 is 0 Å². The zero-order valence-electron chi connectivity index (χ0n) is 14.0. The standard InChI is InChI=1S/C19H21F3N2/c1-18(2)11-17(12-5-4-6-14(23)9-12)24(3)16-8-7-13(10-15(16)18)19(20,21)22/h4-10,17H,11,23H2,1-3H3. The lowest BCUT2D eigenvalue weighted by Gasteiger charge is -2.45. The number of halogens is 3.